The zero-order valence-electron chi connectivity index (χ0n) is 15.7. The SMILES string of the molecule is Cc1ccc(-n2cccc2/C=C(/C#N)C(=O)N[C@H](C)c2ccccc2)cc1Cl. The van der Waals surface area contributed by atoms with Crippen molar-refractivity contribution in [2.24, 2.45) is 0 Å². The van der Waals surface area contributed by atoms with Crippen LogP contribution in [0.4, 0.5) is 0 Å². The summed E-state index contributed by atoms with van der Waals surface area (Å²) >= 11 is 6.24. The van der Waals surface area contributed by atoms with Crippen LogP contribution >= 0.6 is 11.6 Å². The zero-order chi connectivity index (χ0) is 20.1. The molecule has 1 heterocycles. The summed E-state index contributed by atoms with van der Waals surface area (Å²) in [4.78, 5) is 12.6. The van der Waals surface area contributed by atoms with Gasteiger partial charge in [-0.25, -0.2) is 0 Å². The van der Waals surface area contributed by atoms with Crippen molar-refractivity contribution in [3.8, 4) is 11.8 Å². The summed E-state index contributed by atoms with van der Waals surface area (Å²) in [7, 11) is 0. The lowest BCUT2D eigenvalue weighted by atomic mass is 10.1. The quantitative estimate of drug-likeness (QED) is 0.480. The molecule has 1 atom stereocenters. The molecule has 0 radical (unpaired) electrons. The molecule has 0 bridgehead atoms. The molecule has 0 fully saturated rings. The van der Waals surface area contributed by atoms with Gasteiger partial charge < -0.3 is 9.88 Å². The smallest absolute Gasteiger partial charge is 0.262 e. The van der Waals surface area contributed by atoms with Crippen LogP contribution in [0.1, 0.15) is 29.8 Å². The van der Waals surface area contributed by atoms with E-state index in [1.54, 1.807) is 6.08 Å². The Morgan fingerprint density at radius 1 is 1.18 bits per heavy atom. The molecule has 0 saturated carbocycles. The van der Waals surface area contributed by atoms with Gasteiger partial charge in [-0.1, -0.05) is 48.0 Å². The number of nitrogens with one attached hydrogen (secondary N) is 1. The van der Waals surface area contributed by atoms with Crippen molar-refractivity contribution in [1.82, 2.24) is 9.88 Å². The normalized spacial score (nSPS) is 12.3. The Labute approximate surface area is 169 Å². The topological polar surface area (TPSA) is 57.8 Å². The van der Waals surface area contributed by atoms with Gasteiger partial charge in [0, 0.05) is 22.6 Å². The summed E-state index contributed by atoms with van der Waals surface area (Å²) in [6, 6.07) is 20.9. The highest BCUT2D eigenvalue weighted by Gasteiger charge is 2.14. The zero-order valence-corrected chi connectivity index (χ0v) is 16.4. The van der Waals surface area contributed by atoms with E-state index in [0.29, 0.717) is 5.02 Å². The lowest BCUT2D eigenvalue weighted by molar-refractivity contribution is -0.117. The summed E-state index contributed by atoms with van der Waals surface area (Å²) < 4.78 is 1.89. The fraction of sp³-hybridized carbons (Fsp3) is 0.130. The third-order valence-corrected chi connectivity index (χ3v) is 4.93. The second-order valence-corrected chi connectivity index (χ2v) is 6.92. The van der Waals surface area contributed by atoms with Crippen LogP contribution in [-0.4, -0.2) is 10.5 Å². The molecule has 0 aliphatic carbocycles. The molecular weight excluding hydrogens is 370 g/mol. The molecule has 0 unspecified atom stereocenters. The van der Waals surface area contributed by atoms with Crippen LogP contribution in [0.2, 0.25) is 5.02 Å². The molecule has 1 amide bonds. The first-order chi connectivity index (χ1) is 13.5. The van der Waals surface area contributed by atoms with E-state index >= 15 is 0 Å². The highest BCUT2D eigenvalue weighted by atomic mass is 35.5. The summed E-state index contributed by atoms with van der Waals surface area (Å²) in [6.45, 7) is 3.83. The Kier molecular flexibility index (Phi) is 5.98. The molecule has 1 N–H and O–H groups in total. The number of hydrogen-bond donors (Lipinski definition) is 1. The average Bonchev–Trinajstić information content (AvgIpc) is 3.17. The Morgan fingerprint density at radius 2 is 1.93 bits per heavy atom. The van der Waals surface area contributed by atoms with Gasteiger partial charge in [0.05, 0.1) is 6.04 Å². The van der Waals surface area contributed by atoms with Crippen molar-refractivity contribution in [2.75, 3.05) is 0 Å². The molecule has 0 spiro atoms. The van der Waals surface area contributed by atoms with E-state index in [0.717, 1.165) is 22.5 Å². The predicted molar refractivity (Wildman–Crippen MR) is 112 cm³/mol. The maximum absolute atomic E-state index is 12.6. The Balaban J connectivity index is 1.85. The molecule has 0 aliphatic heterocycles. The number of carbonyl (C=O) groups excluding carboxylic acids is 1. The van der Waals surface area contributed by atoms with Crippen LogP contribution in [0.15, 0.2) is 72.4 Å². The average molecular weight is 390 g/mol. The number of nitriles is 1. The summed E-state index contributed by atoms with van der Waals surface area (Å²) in [5, 5.41) is 13.0. The van der Waals surface area contributed by atoms with Gasteiger partial charge >= 0.3 is 0 Å². The first-order valence-corrected chi connectivity index (χ1v) is 9.29. The van der Waals surface area contributed by atoms with E-state index in [4.69, 9.17) is 11.6 Å². The van der Waals surface area contributed by atoms with Gasteiger partial charge in [0.15, 0.2) is 0 Å². The Hall–Kier alpha value is -3.29. The maximum Gasteiger partial charge on any atom is 0.262 e. The van der Waals surface area contributed by atoms with E-state index in [-0.39, 0.29) is 11.6 Å². The van der Waals surface area contributed by atoms with Crippen LogP contribution in [0.3, 0.4) is 0 Å². The van der Waals surface area contributed by atoms with Gasteiger partial charge in [0.2, 0.25) is 0 Å². The van der Waals surface area contributed by atoms with Crippen molar-refractivity contribution in [3.05, 3.63) is 94.3 Å². The monoisotopic (exact) mass is 389 g/mol. The molecule has 4 nitrogen and oxygen atoms in total. The number of amides is 1. The minimum atomic E-state index is -0.409. The van der Waals surface area contributed by atoms with Crippen molar-refractivity contribution < 1.29 is 4.79 Å². The summed E-state index contributed by atoms with van der Waals surface area (Å²) in [5.41, 5.74) is 3.59. The number of carbonyl (C=O) groups is 1. The lowest BCUT2D eigenvalue weighted by Gasteiger charge is -2.14. The highest BCUT2D eigenvalue weighted by Crippen LogP contribution is 2.22. The van der Waals surface area contributed by atoms with Crippen molar-refractivity contribution >= 4 is 23.6 Å². The molecular formula is C23H20ClN3O. The highest BCUT2D eigenvalue weighted by molar-refractivity contribution is 6.31. The summed E-state index contributed by atoms with van der Waals surface area (Å²) in [5.74, 6) is -0.409. The largest absolute Gasteiger partial charge is 0.345 e. The molecule has 0 saturated heterocycles. The molecule has 3 rings (SSSR count). The predicted octanol–water partition coefficient (Wildman–Crippen LogP) is 5.22. The van der Waals surface area contributed by atoms with E-state index in [2.05, 4.69) is 5.32 Å². The molecule has 28 heavy (non-hydrogen) atoms. The molecule has 0 aliphatic rings. The van der Waals surface area contributed by atoms with E-state index in [9.17, 15) is 10.1 Å². The lowest BCUT2D eigenvalue weighted by Crippen LogP contribution is -2.27. The van der Waals surface area contributed by atoms with Crippen molar-refractivity contribution in [2.45, 2.75) is 19.9 Å². The minimum Gasteiger partial charge on any atom is -0.345 e. The number of halogens is 1. The molecule has 5 heteroatoms. The Bertz CT molecular complexity index is 1060. The van der Waals surface area contributed by atoms with Gasteiger partial charge in [-0.05, 0) is 55.3 Å². The van der Waals surface area contributed by atoms with Gasteiger partial charge in [-0.2, -0.15) is 5.26 Å². The van der Waals surface area contributed by atoms with Gasteiger partial charge in [0.25, 0.3) is 5.91 Å². The number of hydrogen-bond acceptors (Lipinski definition) is 2. The number of nitrogens with zero attached hydrogens (tertiary/aromatic N) is 2. The van der Waals surface area contributed by atoms with Gasteiger partial charge in [-0.3, -0.25) is 4.79 Å². The third kappa shape index (κ3) is 4.33. The number of benzene rings is 2. The third-order valence-electron chi connectivity index (χ3n) is 4.52. The van der Waals surface area contributed by atoms with Crippen LogP contribution in [0.5, 0.6) is 0 Å². The van der Waals surface area contributed by atoms with E-state index in [1.807, 2.05) is 91.3 Å². The Morgan fingerprint density at radius 3 is 2.61 bits per heavy atom. The fourth-order valence-electron chi connectivity index (χ4n) is 2.87. The van der Waals surface area contributed by atoms with Crippen molar-refractivity contribution in [3.63, 3.8) is 0 Å². The standard InChI is InChI=1S/C23H20ClN3O/c1-16-10-11-21(14-22(16)24)27-12-6-9-20(27)13-19(15-25)23(28)26-17(2)18-7-4-3-5-8-18/h3-14,17H,1-2H3,(H,26,28)/b19-13-/t17-/m1/s1. The second kappa shape index (κ2) is 8.60. The number of rotatable bonds is 5. The molecule has 140 valence electrons. The van der Waals surface area contributed by atoms with E-state index in [1.165, 1.54) is 0 Å². The molecule has 1 aromatic heterocycles. The van der Waals surface area contributed by atoms with Crippen LogP contribution in [-0.2, 0) is 4.79 Å². The van der Waals surface area contributed by atoms with Crippen LogP contribution in [0, 0.1) is 18.3 Å². The first-order valence-electron chi connectivity index (χ1n) is 8.91. The van der Waals surface area contributed by atoms with Crippen LogP contribution in [0.25, 0.3) is 11.8 Å². The maximum atomic E-state index is 12.6. The fourth-order valence-corrected chi connectivity index (χ4v) is 3.05. The van der Waals surface area contributed by atoms with Gasteiger partial charge in [0.1, 0.15) is 11.6 Å². The second-order valence-electron chi connectivity index (χ2n) is 6.51. The van der Waals surface area contributed by atoms with Crippen molar-refractivity contribution in [1.29, 1.82) is 5.26 Å². The van der Waals surface area contributed by atoms with Gasteiger partial charge in [-0.15, -0.1) is 0 Å². The summed E-state index contributed by atoms with van der Waals surface area (Å²) in [6.07, 6.45) is 3.45. The minimum absolute atomic E-state index is 0.0425. The van der Waals surface area contributed by atoms with Crippen LogP contribution < -0.4 is 5.32 Å². The first kappa shape index (κ1) is 19.5. The van der Waals surface area contributed by atoms with E-state index < -0.39 is 5.91 Å². The number of aromatic nitrogens is 1. The molecule has 2 aromatic carbocycles. The molecule has 3 aromatic rings. The number of aryl methyl sites for hydroxylation is 1.